The molecule has 0 aliphatic carbocycles. The molecule has 0 aliphatic rings. The van der Waals surface area contributed by atoms with Crippen molar-refractivity contribution in [3.63, 3.8) is 0 Å². The second-order valence-corrected chi connectivity index (χ2v) is 7.18. The molecule has 7 heteroatoms. The molecular weight excluding hydrogens is 360 g/mol. The van der Waals surface area contributed by atoms with Gasteiger partial charge in [0.15, 0.2) is 0 Å². The standard InChI is InChI=1S/C20H16N4O2S/c1-13(27-20-24-23-19(26-20)15-9-11-21-12-10-15)18(25)22-17-8-4-6-14-5-2-3-7-16(14)17/h2-13H,1H3,(H,22,25). The molecule has 1 unspecified atom stereocenters. The molecule has 1 amide bonds. The molecule has 4 rings (SSSR count). The van der Waals surface area contributed by atoms with E-state index in [0.29, 0.717) is 11.1 Å². The van der Waals surface area contributed by atoms with E-state index in [9.17, 15) is 4.79 Å². The molecular formula is C20H16N4O2S. The van der Waals surface area contributed by atoms with Crippen LogP contribution in [0, 0.1) is 0 Å². The van der Waals surface area contributed by atoms with Crippen molar-refractivity contribution >= 4 is 34.1 Å². The zero-order valence-electron chi connectivity index (χ0n) is 14.5. The lowest BCUT2D eigenvalue weighted by atomic mass is 10.1. The second kappa shape index (κ2) is 7.59. The topological polar surface area (TPSA) is 80.9 Å². The fraction of sp³-hybridized carbons (Fsp3) is 0.100. The van der Waals surface area contributed by atoms with Crippen LogP contribution in [0.2, 0.25) is 0 Å². The zero-order chi connectivity index (χ0) is 18.6. The van der Waals surface area contributed by atoms with E-state index in [1.54, 1.807) is 31.5 Å². The van der Waals surface area contributed by atoms with Gasteiger partial charge in [0, 0.05) is 29.0 Å². The number of pyridine rings is 1. The Kier molecular flexibility index (Phi) is 4.84. The predicted octanol–water partition coefficient (Wildman–Crippen LogP) is 4.40. The van der Waals surface area contributed by atoms with Crippen LogP contribution >= 0.6 is 11.8 Å². The summed E-state index contributed by atoms with van der Waals surface area (Å²) in [4.78, 5) is 16.6. The maximum atomic E-state index is 12.6. The molecule has 4 aromatic rings. The molecule has 2 aromatic heterocycles. The molecule has 134 valence electrons. The molecule has 6 nitrogen and oxygen atoms in total. The first kappa shape index (κ1) is 17.2. The van der Waals surface area contributed by atoms with Gasteiger partial charge in [-0.15, -0.1) is 10.2 Å². The van der Waals surface area contributed by atoms with Crippen LogP contribution in [0.1, 0.15) is 6.92 Å². The van der Waals surface area contributed by atoms with E-state index in [4.69, 9.17) is 4.42 Å². The highest BCUT2D eigenvalue weighted by Crippen LogP contribution is 2.28. The number of carbonyl (C=O) groups is 1. The molecule has 0 radical (unpaired) electrons. The summed E-state index contributed by atoms with van der Waals surface area (Å²) >= 11 is 1.22. The Morgan fingerprint density at radius 3 is 2.67 bits per heavy atom. The molecule has 1 atom stereocenters. The van der Waals surface area contributed by atoms with Crippen LogP contribution in [-0.2, 0) is 4.79 Å². The quantitative estimate of drug-likeness (QED) is 0.520. The lowest BCUT2D eigenvalue weighted by molar-refractivity contribution is -0.115. The fourth-order valence-electron chi connectivity index (χ4n) is 2.64. The molecule has 2 aromatic carbocycles. The van der Waals surface area contributed by atoms with Gasteiger partial charge < -0.3 is 9.73 Å². The van der Waals surface area contributed by atoms with Crippen molar-refractivity contribution in [3.8, 4) is 11.5 Å². The van der Waals surface area contributed by atoms with Crippen LogP contribution in [0.4, 0.5) is 5.69 Å². The summed E-state index contributed by atoms with van der Waals surface area (Å²) in [5.74, 6) is 0.279. The Morgan fingerprint density at radius 2 is 1.81 bits per heavy atom. The Bertz CT molecular complexity index is 1080. The maximum absolute atomic E-state index is 12.6. The average Bonchev–Trinajstić information content (AvgIpc) is 3.17. The van der Waals surface area contributed by atoms with Crippen LogP contribution < -0.4 is 5.32 Å². The number of nitrogens with zero attached hydrogens (tertiary/aromatic N) is 3. The highest BCUT2D eigenvalue weighted by molar-refractivity contribution is 8.00. The van der Waals surface area contributed by atoms with Crippen molar-refractivity contribution in [2.24, 2.45) is 0 Å². The van der Waals surface area contributed by atoms with Gasteiger partial charge in [-0.2, -0.15) is 0 Å². The van der Waals surface area contributed by atoms with E-state index in [0.717, 1.165) is 22.0 Å². The van der Waals surface area contributed by atoms with Crippen LogP contribution in [0.3, 0.4) is 0 Å². The van der Waals surface area contributed by atoms with Crippen molar-refractivity contribution in [3.05, 3.63) is 67.0 Å². The number of aromatic nitrogens is 3. The molecule has 2 heterocycles. The fourth-order valence-corrected chi connectivity index (χ4v) is 3.33. The first-order valence-corrected chi connectivity index (χ1v) is 9.28. The van der Waals surface area contributed by atoms with Crippen LogP contribution in [0.25, 0.3) is 22.2 Å². The zero-order valence-corrected chi connectivity index (χ0v) is 15.3. The Labute approximate surface area is 160 Å². The van der Waals surface area contributed by atoms with Gasteiger partial charge in [-0.1, -0.05) is 48.2 Å². The number of anilines is 1. The summed E-state index contributed by atoms with van der Waals surface area (Å²) < 4.78 is 5.64. The summed E-state index contributed by atoms with van der Waals surface area (Å²) in [6.45, 7) is 1.81. The minimum absolute atomic E-state index is 0.125. The molecule has 0 saturated heterocycles. The maximum Gasteiger partial charge on any atom is 0.277 e. The normalized spacial score (nSPS) is 12.0. The van der Waals surface area contributed by atoms with Crippen molar-refractivity contribution in [1.29, 1.82) is 0 Å². The third-order valence-corrected chi connectivity index (χ3v) is 4.96. The molecule has 0 aliphatic heterocycles. The molecule has 0 bridgehead atoms. The van der Waals surface area contributed by atoms with Crippen LogP contribution in [-0.4, -0.2) is 26.3 Å². The number of fused-ring (bicyclic) bond motifs is 1. The molecule has 1 N–H and O–H groups in total. The molecule has 27 heavy (non-hydrogen) atoms. The van der Waals surface area contributed by atoms with E-state index in [1.165, 1.54) is 11.8 Å². The van der Waals surface area contributed by atoms with E-state index in [1.807, 2.05) is 42.5 Å². The third kappa shape index (κ3) is 3.83. The molecule has 0 fully saturated rings. The van der Waals surface area contributed by atoms with E-state index in [-0.39, 0.29) is 5.91 Å². The minimum atomic E-state index is -0.394. The van der Waals surface area contributed by atoms with E-state index >= 15 is 0 Å². The highest BCUT2D eigenvalue weighted by Gasteiger charge is 2.19. The SMILES string of the molecule is CC(Sc1nnc(-c2ccncc2)o1)C(=O)Nc1cccc2ccccc12. The number of hydrogen-bond donors (Lipinski definition) is 1. The summed E-state index contributed by atoms with van der Waals surface area (Å²) in [6, 6.07) is 17.3. The predicted molar refractivity (Wildman–Crippen MR) is 105 cm³/mol. The van der Waals surface area contributed by atoms with Gasteiger partial charge in [-0.25, -0.2) is 0 Å². The number of thioether (sulfide) groups is 1. The number of rotatable bonds is 5. The third-order valence-electron chi connectivity index (χ3n) is 4.03. The molecule has 0 spiro atoms. The van der Waals surface area contributed by atoms with Crippen LogP contribution in [0.5, 0.6) is 0 Å². The number of hydrogen-bond acceptors (Lipinski definition) is 6. The monoisotopic (exact) mass is 376 g/mol. The number of carbonyl (C=O) groups excluding carboxylic acids is 1. The molecule has 0 saturated carbocycles. The highest BCUT2D eigenvalue weighted by atomic mass is 32.2. The summed E-state index contributed by atoms with van der Waals surface area (Å²) in [5.41, 5.74) is 1.57. The van der Waals surface area contributed by atoms with Crippen molar-refractivity contribution in [2.45, 2.75) is 17.4 Å². The Morgan fingerprint density at radius 1 is 1.04 bits per heavy atom. The van der Waals surface area contributed by atoms with Crippen molar-refractivity contribution < 1.29 is 9.21 Å². The summed E-state index contributed by atoms with van der Waals surface area (Å²) in [7, 11) is 0. The first-order valence-electron chi connectivity index (χ1n) is 8.40. The second-order valence-electron chi connectivity index (χ2n) is 5.89. The average molecular weight is 376 g/mol. The van der Waals surface area contributed by atoms with Gasteiger partial charge >= 0.3 is 0 Å². The number of amides is 1. The van der Waals surface area contributed by atoms with Gasteiger partial charge in [0.1, 0.15) is 0 Å². The van der Waals surface area contributed by atoms with Gasteiger partial charge in [0.2, 0.25) is 11.8 Å². The summed E-state index contributed by atoms with van der Waals surface area (Å²) in [6.07, 6.45) is 3.32. The van der Waals surface area contributed by atoms with Crippen molar-refractivity contribution in [2.75, 3.05) is 5.32 Å². The number of benzene rings is 2. The lowest BCUT2D eigenvalue weighted by Crippen LogP contribution is -2.22. The Hall–Kier alpha value is -3.19. The van der Waals surface area contributed by atoms with E-state index < -0.39 is 5.25 Å². The minimum Gasteiger partial charge on any atom is -0.411 e. The van der Waals surface area contributed by atoms with E-state index in [2.05, 4.69) is 20.5 Å². The smallest absolute Gasteiger partial charge is 0.277 e. The number of nitrogens with one attached hydrogen (secondary N) is 1. The Balaban J connectivity index is 1.46. The van der Waals surface area contributed by atoms with Gasteiger partial charge in [-0.3, -0.25) is 9.78 Å². The van der Waals surface area contributed by atoms with Gasteiger partial charge in [0.25, 0.3) is 5.22 Å². The van der Waals surface area contributed by atoms with Crippen LogP contribution in [0.15, 0.2) is 76.6 Å². The summed E-state index contributed by atoms with van der Waals surface area (Å²) in [5, 5.41) is 13.1. The first-order chi connectivity index (χ1) is 13.2. The van der Waals surface area contributed by atoms with Gasteiger partial charge in [-0.05, 0) is 30.5 Å². The largest absolute Gasteiger partial charge is 0.411 e. The lowest BCUT2D eigenvalue weighted by Gasteiger charge is -2.12. The van der Waals surface area contributed by atoms with Crippen molar-refractivity contribution in [1.82, 2.24) is 15.2 Å². The van der Waals surface area contributed by atoms with Gasteiger partial charge in [0.05, 0.1) is 5.25 Å².